The maximum Gasteiger partial charge on any atom is 0.279 e. The fourth-order valence-corrected chi connectivity index (χ4v) is 4.94. The number of aromatic nitrogens is 2. The van der Waals surface area contributed by atoms with Crippen molar-refractivity contribution in [2.24, 2.45) is 5.92 Å². The number of nitrogens with one attached hydrogen (secondary N) is 1. The lowest BCUT2D eigenvalue weighted by atomic mass is 9.83. The van der Waals surface area contributed by atoms with Crippen LogP contribution in [-0.4, -0.2) is 39.6 Å². The minimum absolute atomic E-state index is 0.0120. The van der Waals surface area contributed by atoms with Crippen LogP contribution in [0.4, 0.5) is 5.69 Å². The smallest absolute Gasteiger partial charge is 0.279 e. The number of aliphatic hydroxyl groups is 2. The zero-order valence-corrected chi connectivity index (χ0v) is 20.7. The van der Waals surface area contributed by atoms with Gasteiger partial charge in [-0.25, -0.2) is 4.68 Å². The van der Waals surface area contributed by atoms with E-state index in [4.69, 9.17) is 9.84 Å². The molecule has 37 heavy (non-hydrogen) atoms. The highest BCUT2D eigenvalue weighted by Gasteiger charge is 2.52. The Labute approximate surface area is 214 Å². The number of fused-ring (bicyclic) bond motifs is 2. The summed E-state index contributed by atoms with van der Waals surface area (Å²) in [6.45, 7) is 1.97. The van der Waals surface area contributed by atoms with Crippen LogP contribution in [0.15, 0.2) is 83.7 Å². The lowest BCUT2D eigenvalue weighted by molar-refractivity contribution is -0.139. The topological polar surface area (TPSA) is 108 Å². The molecule has 1 aromatic heterocycles. The fraction of sp³-hybridized carbons (Fsp3) is 0.241. The van der Waals surface area contributed by atoms with E-state index < -0.39 is 17.4 Å². The second kappa shape index (κ2) is 9.72. The minimum Gasteiger partial charge on any atom is -0.497 e. The van der Waals surface area contributed by atoms with Gasteiger partial charge < -0.3 is 19.8 Å². The van der Waals surface area contributed by atoms with Crippen molar-refractivity contribution in [2.75, 3.05) is 18.6 Å². The first-order valence-corrected chi connectivity index (χ1v) is 12.2. The Kier molecular flexibility index (Phi) is 6.45. The van der Waals surface area contributed by atoms with Crippen LogP contribution >= 0.6 is 0 Å². The van der Waals surface area contributed by atoms with Gasteiger partial charge in [0.05, 0.1) is 35.9 Å². The van der Waals surface area contributed by atoms with Crippen LogP contribution in [0.2, 0.25) is 0 Å². The van der Waals surface area contributed by atoms with E-state index in [2.05, 4.69) is 5.10 Å². The Bertz CT molecular complexity index is 1550. The van der Waals surface area contributed by atoms with Crippen LogP contribution in [0.5, 0.6) is 5.75 Å². The van der Waals surface area contributed by atoms with Gasteiger partial charge in [-0.15, -0.1) is 0 Å². The highest BCUT2D eigenvalue weighted by Crippen LogP contribution is 2.47. The number of methoxy groups -OCH3 is 1. The predicted molar refractivity (Wildman–Crippen MR) is 142 cm³/mol. The number of aliphatic hydroxyl groups excluding tert-OH is 1. The van der Waals surface area contributed by atoms with Gasteiger partial charge in [0.25, 0.3) is 11.5 Å². The predicted octanol–water partition coefficient (Wildman–Crippen LogP) is 3.64. The van der Waals surface area contributed by atoms with Crippen LogP contribution in [0, 0.1) is 5.92 Å². The monoisotopic (exact) mass is 499 g/mol. The number of anilines is 1. The first kappa shape index (κ1) is 24.5. The van der Waals surface area contributed by atoms with Crippen molar-refractivity contribution >= 4 is 22.5 Å². The SMILES string of the molecule is COc1ccc2c(c1)[C@@](O)([C@H](C)/C=C/CCO)C(=O)N2Cc1cccc(-n2[nH]c3ccccc3c2=O)c1. The van der Waals surface area contributed by atoms with Crippen LogP contribution in [0.1, 0.15) is 24.5 Å². The molecule has 4 aromatic rings. The number of rotatable bonds is 8. The Balaban J connectivity index is 1.52. The van der Waals surface area contributed by atoms with Crippen molar-refractivity contribution in [3.05, 3.63) is 100 Å². The molecule has 8 nitrogen and oxygen atoms in total. The summed E-state index contributed by atoms with van der Waals surface area (Å²) in [5.41, 5.74) is 1.32. The van der Waals surface area contributed by atoms with E-state index in [-0.39, 0.29) is 18.7 Å². The van der Waals surface area contributed by atoms with Crippen molar-refractivity contribution in [1.29, 1.82) is 0 Å². The molecule has 2 atom stereocenters. The largest absolute Gasteiger partial charge is 0.497 e. The summed E-state index contributed by atoms with van der Waals surface area (Å²) in [6, 6.07) is 20.0. The number of hydrogen-bond donors (Lipinski definition) is 3. The molecule has 8 heteroatoms. The third kappa shape index (κ3) is 4.14. The minimum atomic E-state index is -1.79. The summed E-state index contributed by atoms with van der Waals surface area (Å²) in [7, 11) is 1.54. The van der Waals surface area contributed by atoms with Crippen LogP contribution in [0.3, 0.4) is 0 Å². The van der Waals surface area contributed by atoms with Gasteiger partial charge in [-0.1, -0.05) is 43.3 Å². The number of amides is 1. The summed E-state index contributed by atoms with van der Waals surface area (Å²) in [5.74, 6) is -0.442. The average Bonchev–Trinajstić information content (AvgIpc) is 3.37. The van der Waals surface area contributed by atoms with Gasteiger partial charge in [-0.2, -0.15) is 0 Å². The molecule has 1 aliphatic rings. The molecule has 0 bridgehead atoms. The third-order valence-corrected chi connectivity index (χ3v) is 6.96. The molecule has 3 N–H and O–H groups in total. The number of H-pyrrole nitrogens is 1. The van der Waals surface area contributed by atoms with E-state index in [1.165, 1.54) is 11.8 Å². The van der Waals surface area contributed by atoms with E-state index >= 15 is 0 Å². The molecule has 1 aliphatic heterocycles. The lowest BCUT2D eigenvalue weighted by Crippen LogP contribution is -2.44. The summed E-state index contributed by atoms with van der Waals surface area (Å²) < 4.78 is 6.86. The molecule has 190 valence electrons. The van der Waals surface area contributed by atoms with E-state index in [1.807, 2.05) is 42.5 Å². The van der Waals surface area contributed by atoms with Gasteiger partial charge in [-0.3, -0.25) is 14.7 Å². The van der Waals surface area contributed by atoms with Crippen molar-refractivity contribution in [3.63, 3.8) is 0 Å². The highest BCUT2D eigenvalue weighted by molar-refractivity contribution is 6.07. The molecule has 1 amide bonds. The number of aromatic amines is 1. The summed E-state index contributed by atoms with van der Waals surface area (Å²) in [4.78, 5) is 28.3. The van der Waals surface area contributed by atoms with Gasteiger partial charge >= 0.3 is 0 Å². The number of benzene rings is 3. The zero-order chi connectivity index (χ0) is 26.2. The molecule has 0 unspecified atom stereocenters. The molecule has 0 aliphatic carbocycles. The third-order valence-electron chi connectivity index (χ3n) is 6.96. The molecule has 5 rings (SSSR count). The molecule has 0 radical (unpaired) electrons. The summed E-state index contributed by atoms with van der Waals surface area (Å²) in [6.07, 6.45) is 3.95. The second-order valence-electron chi connectivity index (χ2n) is 9.24. The number of hydrogen-bond acceptors (Lipinski definition) is 5. The maximum atomic E-state index is 13.8. The van der Waals surface area contributed by atoms with Crippen molar-refractivity contribution in [3.8, 4) is 11.4 Å². The molecule has 0 saturated heterocycles. The molecular formula is C29H29N3O5. The van der Waals surface area contributed by atoms with Crippen molar-refractivity contribution < 1.29 is 19.7 Å². The quantitative estimate of drug-likeness (QED) is 0.321. The maximum absolute atomic E-state index is 13.8. The van der Waals surface area contributed by atoms with Gasteiger partial charge in [-0.05, 0) is 54.4 Å². The highest BCUT2D eigenvalue weighted by atomic mass is 16.5. The zero-order valence-electron chi connectivity index (χ0n) is 20.7. The number of carbonyl (C=O) groups excluding carboxylic acids is 1. The lowest BCUT2D eigenvalue weighted by Gasteiger charge is -2.28. The number of carbonyl (C=O) groups is 1. The van der Waals surface area contributed by atoms with E-state index in [0.717, 1.165) is 11.1 Å². The standard InChI is InChI=1S/C29H29N3O5/c1-19(8-5-6-15-33)29(36)24-17-22(37-2)13-14-26(24)31(28(29)35)18-20-9-7-10-21(16-20)32-27(34)23-11-3-4-12-25(23)30-32/h3-5,7-14,16-17,19,30,33,36H,6,15,18H2,1-2H3/b8-5+/t19-,29+/m1/s1. The number of nitrogens with zero attached hydrogens (tertiary/aromatic N) is 2. The van der Waals surface area contributed by atoms with Crippen molar-refractivity contribution in [1.82, 2.24) is 9.78 Å². The Morgan fingerprint density at radius 3 is 2.65 bits per heavy atom. The normalized spacial score (nSPS) is 18.1. The number of ether oxygens (including phenoxy) is 1. The summed E-state index contributed by atoms with van der Waals surface area (Å²) >= 11 is 0. The van der Waals surface area contributed by atoms with Gasteiger partial charge in [0.15, 0.2) is 5.60 Å². The molecular weight excluding hydrogens is 470 g/mol. The molecule has 0 saturated carbocycles. The molecule has 2 heterocycles. The van der Waals surface area contributed by atoms with Crippen molar-refractivity contribution in [2.45, 2.75) is 25.5 Å². The van der Waals surface area contributed by atoms with E-state index in [1.54, 1.807) is 48.2 Å². The average molecular weight is 500 g/mol. The second-order valence-corrected chi connectivity index (χ2v) is 9.24. The molecule has 0 fully saturated rings. The van der Waals surface area contributed by atoms with E-state index in [9.17, 15) is 14.7 Å². The van der Waals surface area contributed by atoms with Crippen LogP contribution < -0.4 is 15.2 Å². The van der Waals surface area contributed by atoms with Gasteiger partial charge in [0.2, 0.25) is 0 Å². The molecule has 0 spiro atoms. The number of para-hydroxylation sites is 1. The Morgan fingerprint density at radius 1 is 1.08 bits per heavy atom. The van der Waals surface area contributed by atoms with Crippen LogP contribution in [0.25, 0.3) is 16.6 Å². The fourth-order valence-electron chi connectivity index (χ4n) is 4.94. The van der Waals surface area contributed by atoms with Gasteiger partial charge in [0, 0.05) is 18.1 Å². The van der Waals surface area contributed by atoms with Crippen LogP contribution in [-0.2, 0) is 16.9 Å². The Morgan fingerprint density at radius 2 is 1.89 bits per heavy atom. The van der Waals surface area contributed by atoms with E-state index in [0.29, 0.717) is 34.5 Å². The van der Waals surface area contributed by atoms with Gasteiger partial charge in [0.1, 0.15) is 5.75 Å². The Hall–Kier alpha value is -4.14. The first-order chi connectivity index (χ1) is 17.9. The first-order valence-electron chi connectivity index (χ1n) is 12.2. The molecule has 3 aromatic carbocycles. The summed E-state index contributed by atoms with van der Waals surface area (Å²) in [5, 5.41) is 24.6.